The van der Waals surface area contributed by atoms with E-state index in [9.17, 15) is 0 Å². The molecule has 1 N–H and O–H groups in total. The van der Waals surface area contributed by atoms with Crippen LogP contribution in [0.3, 0.4) is 0 Å². The summed E-state index contributed by atoms with van der Waals surface area (Å²) in [7, 11) is 0. The first-order valence-electron chi connectivity index (χ1n) is 6.31. The Kier molecular flexibility index (Phi) is 8.28. The number of rotatable bonds is 7. The van der Waals surface area contributed by atoms with Crippen LogP contribution in [0.25, 0.3) is 0 Å². The molecule has 1 heteroatoms. The van der Waals surface area contributed by atoms with Crippen LogP contribution in [0.15, 0.2) is 0 Å². The molecule has 0 rings (SSSR count). The normalized spacial score (nSPS) is 16.1. The minimum atomic E-state index is 0.566. The van der Waals surface area contributed by atoms with Crippen molar-refractivity contribution in [3.8, 4) is 12.0 Å². The van der Waals surface area contributed by atoms with Gasteiger partial charge in [0, 0.05) is 12.1 Å². The van der Waals surface area contributed by atoms with Crippen LogP contribution < -0.4 is 5.32 Å². The Labute approximate surface area is 96.0 Å². The molecule has 0 radical (unpaired) electrons. The second-order valence-corrected chi connectivity index (χ2v) is 4.71. The topological polar surface area (TPSA) is 12.0 Å². The highest BCUT2D eigenvalue weighted by Gasteiger charge is 2.12. The Morgan fingerprint density at radius 3 is 2.13 bits per heavy atom. The van der Waals surface area contributed by atoms with E-state index >= 15 is 0 Å². The Balaban J connectivity index is 3.87. The van der Waals surface area contributed by atoms with E-state index < -0.39 is 0 Å². The second-order valence-electron chi connectivity index (χ2n) is 4.71. The first-order chi connectivity index (χ1) is 7.13. The molecule has 0 bridgehead atoms. The standard InChI is InChI=1S/C14H27N/c1-6-9-15-14(8-3)11-13(5)10-12(4)7-2/h12-15H,7-8,10-11H2,1-5H3. The molecular weight excluding hydrogens is 182 g/mol. The van der Waals surface area contributed by atoms with Gasteiger partial charge in [-0.3, -0.25) is 0 Å². The molecule has 0 amide bonds. The van der Waals surface area contributed by atoms with E-state index in [1.54, 1.807) is 0 Å². The summed E-state index contributed by atoms with van der Waals surface area (Å²) in [6.45, 7) is 11.1. The van der Waals surface area contributed by atoms with E-state index in [4.69, 9.17) is 0 Å². The van der Waals surface area contributed by atoms with Crippen molar-refractivity contribution in [2.24, 2.45) is 11.8 Å². The third-order valence-electron chi connectivity index (χ3n) is 3.08. The van der Waals surface area contributed by atoms with Crippen molar-refractivity contribution in [1.29, 1.82) is 0 Å². The summed E-state index contributed by atoms with van der Waals surface area (Å²) < 4.78 is 0. The monoisotopic (exact) mass is 209 g/mol. The second kappa shape index (κ2) is 8.65. The van der Waals surface area contributed by atoms with Gasteiger partial charge in [0.05, 0.1) is 0 Å². The highest BCUT2D eigenvalue weighted by molar-refractivity contribution is 4.94. The maximum Gasteiger partial charge on any atom is 0.0340 e. The Hall–Kier alpha value is -0.640. The summed E-state index contributed by atoms with van der Waals surface area (Å²) in [6, 6.07) is 3.54. The van der Waals surface area contributed by atoms with E-state index in [-0.39, 0.29) is 0 Å². The summed E-state index contributed by atoms with van der Waals surface area (Å²) in [5, 5.41) is 3.28. The molecule has 88 valence electrons. The highest BCUT2D eigenvalue weighted by Crippen LogP contribution is 2.19. The average molecular weight is 209 g/mol. The Morgan fingerprint density at radius 2 is 1.67 bits per heavy atom. The molecule has 0 aromatic heterocycles. The van der Waals surface area contributed by atoms with Crippen molar-refractivity contribution in [2.75, 3.05) is 0 Å². The zero-order chi connectivity index (χ0) is 11.7. The van der Waals surface area contributed by atoms with Gasteiger partial charge < -0.3 is 5.32 Å². The summed E-state index contributed by atoms with van der Waals surface area (Å²) in [5.74, 6) is 4.55. The van der Waals surface area contributed by atoms with Gasteiger partial charge in [0.1, 0.15) is 0 Å². The van der Waals surface area contributed by atoms with E-state index in [1.165, 1.54) is 25.7 Å². The SMILES string of the molecule is CC#CNC(CC)CC(C)CC(C)CC. The van der Waals surface area contributed by atoms with Crippen LogP contribution in [0.1, 0.15) is 60.3 Å². The molecular formula is C14H27N. The maximum absolute atomic E-state index is 3.28. The van der Waals surface area contributed by atoms with Crippen LogP contribution in [0.4, 0.5) is 0 Å². The summed E-state index contributed by atoms with van der Waals surface area (Å²) in [5.41, 5.74) is 0. The summed E-state index contributed by atoms with van der Waals surface area (Å²) in [6.07, 6.45) is 5.05. The minimum Gasteiger partial charge on any atom is -0.343 e. The fraction of sp³-hybridized carbons (Fsp3) is 0.857. The molecule has 0 aliphatic heterocycles. The predicted octanol–water partition coefficient (Wildman–Crippen LogP) is 3.80. The van der Waals surface area contributed by atoms with E-state index in [0.29, 0.717) is 6.04 Å². The molecule has 0 aromatic rings. The lowest BCUT2D eigenvalue weighted by Crippen LogP contribution is -2.26. The lowest BCUT2D eigenvalue weighted by atomic mass is 9.90. The van der Waals surface area contributed by atoms with Gasteiger partial charge in [-0.15, -0.1) is 0 Å². The lowest BCUT2D eigenvalue weighted by molar-refractivity contribution is 0.348. The van der Waals surface area contributed by atoms with Crippen molar-refractivity contribution in [3.05, 3.63) is 0 Å². The van der Waals surface area contributed by atoms with Gasteiger partial charge in [-0.25, -0.2) is 0 Å². The zero-order valence-corrected chi connectivity index (χ0v) is 11.1. The molecule has 0 heterocycles. The lowest BCUT2D eigenvalue weighted by Gasteiger charge is -2.21. The van der Waals surface area contributed by atoms with Gasteiger partial charge in [0.2, 0.25) is 0 Å². The van der Waals surface area contributed by atoms with Crippen LogP contribution in [-0.2, 0) is 0 Å². The van der Waals surface area contributed by atoms with Gasteiger partial charge in [-0.05, 0) is 38.0 Å². The quantitative estimate of drug-likeness (QED) is 0.497. The molecule has 3 atom stereocenters. The van der Waals surface area contributed by atoms with Crippen molar-refractivity contribution >= 4 is 0 Å². The first kappa shape index (κ1) is 14.4. The van der Waals surface area contributed by atoms with Gasteiger partial charge in [-0.2, -0.15) is 0 Å². The van der Waals surface area contributed by atoms with E-state index in [0.717, 1.165) is 11.8 Å². The van der Waals surface area contributed by atoms with Crippen molar-refractivity contribution in [3.63, 3.8) is 0 Å². The molecule has 0 spiro atoms. The average Bonchev–Trinajstić information content (AvgIpc) is 2.23. The largest absolute Gasteiger partial charge is 0.343 e. The number of nitrogens with one attached hydrogen (secondary N) is 1. The van der Waals surface area contributed by atoms with Crippen LogP contribution in [0, 0.1) is 23.8 Å². The molecule has 15 heavy (non-hydrogen) atoms. The summed E-state index contributed by atoms with van der Waals surface area (Å²) >= 11 is 0. The number of hydrogen-bond acceptors (Lipinski definition) is 1. The zero-order valence-electron chi connectivity index (χ0n) is 11.1. The van der Waals surface area contributed by atoms with Crippen molar-refractivity contribution < 1.29 is 0 Å². The Bertz CT molecular complexity index is 199. The number of hydrogen-bond donors (Lipinski definition) is 1. The highest BCUT2D eigenvalue weighted by atomic mass is 14.9. The first-order valence-corrected chi connectivity index (χ1v) is 6.31. The Morgan fingerprint density at radius 1 is 1.00 bits per heavy atom. The van der Waals surface area contributed by atoms with Gasteiger partial charge in [-0.1, -0.05) is 40.0 Å². The van der Waals surface area contributed by atoms with Crippen molar-refractivity contribution in [1.82, 2.24) is 5.32 Å². The van der Waals surface area contributed by atoms with Crippen LogP contribution in [-0.4, -0.2) is 6.04 Å². The molecule has 0 saturated carbocycles. The molecule has 0 aliphatic carbocycles. The van der Waals surface area contributed by atoms with Gasteiger partial charge in [0.25, 0.3) is 0 Å². The van der Waals surface area contributed by atoms with E-state index in [1.807, 2.05) is 6.92 Å². The molecule has 1 nitrogen and oxygen atoms in total. The van der Waals surface area contributed by atoms with Crippen LogP contribution in [0.2, 0.25) is 0 Å². The molecule has 0 aliphatic rings. The third-order valence-corrected chi connectivity index (χ3v) is 3.08. The molecule has 3 unspecified atom stereocenters. The molecule has 0 saturated heterocycles. The molecule has 0 aromatic carbocycles. The van der Waals surface area contributed by atoms with Gasteiger partial charge >= 0.3 is 0 Å². The van der Waals surface area contributed by atoms with Gasteiger partial charge in [0.15, 0.2) is 0 Å². The molecule has 0 fully saturated rings. The maximum atomic E-state index is 3.28. The van der Waals surface area contributed by atoms with Crippen molar-refractivity contribution in [2.45, 2.75) is 66.3 Å². The third kappa shape index (κ3) is 7.31. The van der Waals surface area contributed by atoms with E-state index in [2.05, 4.69) is 45.0 Å². The fourth-order valence-electron chi connectivity index (χ4n) is 1.94. The predicted molar refractivity (Wildman–Crippen MR) is 68.5 cm³/mol. The smallest absolute Gasteiger partial charge is 0.0340 e. The van der Waals surface area contributed by atoms with Crippen LogP contribution >= 0.6 is 0 Å². The van der Waals surface area contributed by atoms with Crippen LogP contribution in [0.5, 0.6) is 0 Å². The summed E-state index contributed by atoms with van der Waals surface area (Å²) in [4.78, 5) is 0. The fourth-order valence-corrected chi connectivity index (χ4v) is 1.94. The minimum absolute atomic E-state index is 0.566.